The molecule has 0 unspecified atom stereocenters. The summed E-state index contributed by atoms with van der Waals surface area (Å²) in [7, 11) is 0. The molecule has 0 saturated carbocycles. The number of aryl methyl sites for hydroxylation is 1. The van der Waals surface area contributed by atoms with Crippen LogP contribution in [-0.2, 0) is 11.3 Å². The van der Waals surface area contributed by atoms with Crippen molar-refractivity contribution < 1.29 is 14.3 Å². The van der Waals surface area contributed by atoms with Crippen molar-refractivity contribution in [1.29, 1.82) is 0 Å². The Morgan fingerprint density at radius 1 is 1.19 bits per heavy atom. The Morgan fingerprint density at radius 3 is 2.53 bits per heavy atom. The van der Waals surface area contributed by atoms with Gasteiger partial charge in [-0.15, -0.1) is 0 Å². The summed E-state index contributed by atoms with van der Waals surface area (Å²) >= 11 is 0. The van der Waals surface area contributed by atoms with Crippen LogP contribution >= 0.6 is 0 Å². The first-order valence-corrected chi connectivity index (χ1v) is 10.6. The van der Waals surface area contributed by atoms with E-state index in [-0.39, 0.29) is 29.4 Å². The predicted octanol–water partition coefficient (Wildman–Crippen LogP) is 2.82. The molecule has 32 heavy (non-hydrogen) atoms. The molecule has 2 heterocycles. The number of carbonyl (C=O) groups excluding carboxylic acids is 2. The van der Waals surface area contributed by atoms with Gasteiger partial charge in [0.2, 0.25) is 0 Å². The highest BCUT2D eigenvalue weighted by Gasteiger charge is 2.31. The van der Waals surface area contributed by atoms with Crippen LogP contribution in [0.15, 0.2) is 48.5 Å². The lowest BCUT2D eigenvalue weighted by Gasteiger charge is -2.16. The fourth-order valence-corrected chi connectivity index (χ4v) is 4.07. The molecule has 3 aromatic rings. The Kier molecular flexibility index (Phi) is 5.96. The third kappa shape index (κ3) is 4.09. The Morgan fingerprint density at radius 2 is 1.91 bits per heavy atom. The number of hydrogen-bond donors (Lipinski definition) is 3. The molecular formula is C24H27N5O3. The minimum Gasteiger partial charge on any atom is -0.383 e. The molecule has 0 radical (unpaired) electrons. The van der Waals surface area contributed by atoms with Crippen LogP contribution in [0.2, 0.25) is 0 Å². The lowest BCUT2D eigenvalue weighted by Crippen LogP contribution is -2.23. The van der Waals surface area contributed by atoms with E-state index in [4.69, 9.17) is 16.2 Å². The molecular weight excluding hydrogens is 406 g/mol. The summed E-state index contributed by atoms with van der Waals surface area (Å²) < 4.78 is 7.28. The van der Waals surface area contributed by atoms with Crippen molar-refractivity contribution in [3.8, 4) is 11.3 Å². The van der Waals surface area contributed by atoms with Crippen molar-refractivity contribution in [1.82, 2.24) is 15.1 Å². The van der Waals surface area contributed by atoms with Crippen LogP contribution in [0.5, 0.6) is 0 Å². The molecule has 5 N–H and O–H groups in total. The molecule has 1 aliphatic rings. The number of hydrogen-bond acceptors (Lipinski definition) is 5. The summed E-state index contributed by atoms with van der Waals surface area (Å²) in [5.41, 5.74) is 15.8. The van der Waals surface area contributed by atoms with Gasteiger partial charge in [0.05, 0.1) is 12.1 Å². The van der Waals surface area contributed by atoms with E-state index in [1.165, 1.54) is 0 Å². The lowest BCUT2D eigenvalue weighted by atomic mass is 10.0. The molecule has 2 amide bonds. The molecule has 8 heteroatoms. The molecule has 8 nitrogen and oxygen atoms in total. The highest BCUT2D eigenvalue weighted by Crippen LogP contribution is 2.34. The van der Waals surface area contributed by atoms with E-state index in [0.717, 1.165) is 23.1 Å². The quantitative estimate of drug-likeness (QED) is 0.551. The number of ether oxygens (including phenoxy) is 1. The van der Waals surface area contributed by atoms with Gasteiger partial charge in [0.1, 0.15) is 17.1 Å². The number of amides is 2. The SMILES string of the molecule is Cc1ccccc1C(=O)NCc1ccc(-c2nn([C@H]3CCO[C@H]3C)c(N)c2C(N)=O)cc1. The van der Waals surface area contributed by atoms with Crippen LogP contribution in [0.3, 0.4) is 0 Å². The van der Waals surface area contributed by atoms with E-state index >= 15 is 0 Å². The van der Waals surface area contributed by atoms with Crippen molar-refractivity contribution in [3.05, 3.63) is 70.8 Å². The standard InChI is InChI=1S/C24H27N5O3/c1-14-5-3-4-6-18(14)24(31)27-13-16-7-9-17(10-8-16)21-20(23(26)30)22(25)29(28-21)19-11-12-32-15(19)2/h3-10,15,19H,11-13,25H2,1-2H3,(H2,26,30)(H,27,31)/t15-,19-/m0/s1. The second kappa shape index (κ2) is 8.84. The van der Waals surface area contributed by atoms with Gasteiger partial charge in [-0.25, -0.2) is 4.68 Å². The van der Waals surface area contributed by atoms with Gasteiger partial charge in [0.15, 0.2) is 0 Å². The van der Waals surface area contributed by atoms with E-state index < -0.39 is 5.91 Å². The van der Waals surface area contributed by atoms with Gasteiger partial charge in [-0.3, -0.25) is 9.59 Å². The molecule has 0 aliphatic carbocycles. The number of nitrogens with one attached hydrogen (secondary N) is 1. The highest BCUT2D eigenvalue weighted by molar-refractivity contribution is 6.03. The van der Waals surface area contributed by atoms with Crippen molar-refractivity contribution in [2.24, 2.45) is 5.73 Å². The molecule has 1 fully saturated rings. The first kappa shape index (κ1) is 21.6. The summed E-state index contributed by atoms with van der Waals surface area (Å²) in [5, 5.41) is 7.56. The number of carbonyl (C=O) groups is 2. The maximum absolute atomic E-state index is 12.4. The molecule has 2 aromatic carbocycles. The van der Waals surface area contributed by atoms with Gasteiger partial charge in [0, 0.05) is 24.3 Å². The monoisotopic (exact) mass is 433 g/mol. The lowest BCUT2D eigenvalue weighted by molar-refractivity contribution is 0.0949. The molecule has 2 atom stereocenters. The second-order valence-electron chi connectivity index (χ2n) is 8.04. The van der Waals surface area contributed by atoms with E-state index in [0.29, 0.717) is 24.4 Å². The zero-order chi connectivity index (χ0) is 22.8. The van der Waals surface area contributed by atoms with Crippen molar-refractivity contribution in [3.63, 3.8) is 0 Å². The minimum absolute atomic E-state index is 0.0437. The van der Waals surface area contributed by atoms with Crippen molar-refractivity contribution in [2.75, 3.05) is 12.3 Å². The summed E-state index contributed by atoms with van der Waals surface area (Å²) in [6, 6.07) is 14.9. The minimum atomic E-state index is -0.620. The topological polar surface area (TPSA) is 125 Å². The van der Waals surface area contributed by atoms with Crippen LogP contribution in [0.1, 0.15) is 51.2 Å². The van der Waals surface area contributed by atoms with Gasteiger partial charge >= 0.3 is 0 Å². The fourth-order valence-electron chi connectivity index (χ4n) is 4.07. The molecule has 1 aromatic heterocycles. The van der Waals surface area contributed by atoms with E-state index in [9.17, 15) is 9.59 Å². The Labute approximate surface area is 186 Å². The number of primary amides is 1. The smallest absolute Gasteiger partial charge is 0.254 e. The summed E-state index contributed by atoms with van der Waals surface area (Å²) in [4.78, 5) is 24.6. The van der Waals surface area contributed by atoms with Gasteiger partial charge in [-0.1, -0.05) is 42.5 Å². The maximum atomic E-state index is 12.4. The third-order valence-electron chi connectivity index (χ3n) is 5.91. The summed E-state index contributed by atoms with van der Waals surface area (Å²) in [6.07, 6.45) is 0.717. The average molecular weight is 434 g/mol. The first-order chi connectivity index (χ1) is 15.4. The van der Waals surface area contributed by atoms with Crippen LogP contribution in [0.25, 0.3) is 11.3 Å². The summed E-state index contributed by atoms with van der Waals surface area (Å²) in [5.74, 6) is -0.489. The van der Waals surface area contributed by atoms with E-state index in [2.05, 4.69) is 10.4 Å². The van der Waals surface area contributed by atoms with Crippen LogP contribution < -0.4 is 16.8 Å². The maximum Gasteiger partial charge on any atom is 0.254 e. The molecule has 0 spiro atoms. The van der Waals surface area contributed by atoms with Gasteiger partial charge in [0.25, 0.3) is 11.8 Å². The zero-order valence-electron chi connectivity index (χ0n) is 18.2. The molecule has 0 bridgehead atoms. The second-order valence-corrected chi connectivity index (χ2v) is 8.04. The molecule has 4 rings (SSSR count). The third-order valence-corrected chi connectivity index (χ3v) is 5.91. The number of rotatable bonds is 6. The van der Waals surface area contributed by atoms with E-state index in [1.807, 2.05) is 56.3 Å². The van der Waals surface area contributed by atoms with Crippen molar-refractivity contribution >= 4 is 17.6 Å². The zero-order valence-corrected chi connectivity index (χ0v) is 18.2. The number of benzene rings is 2. The Hall–Kier alpha value is -3.65. The van der Waals surface area contributed by atoms with E-state index in [1.54, 1.807) is 10.7 Å². The van der Waals surface area contributed by atoms with Crippen LogP contribution in [0, 0.1) is 6.92 Å². The predicted molar refractivity (Wildman–Crippen MR) is 122 cm³/mol. The van der Waals surface area contributed by atoms with Crippen LogP contribution in [-0.4, -0.2) is 34.3 Å². The number of anilines is 1. The normalized spacial score (nSPS) is 17.9. The number of nitrogens with two attached hydrogens (primary N) is 2. The first-order valence-electron chi connectivity index (χ1n) is 10.6. The molecule has 1 saturated heterocycles. The van der Waals surface area contributed by atoms with Crippen molar-refractivity contribution in [2.45, 2.75) is 39.0 Å². The highest BCUT2D eigenvalue weighted by atomic mass is 16.5. The number of aromatic nitrogens is 2. The van der Waals surface area contributed by atoms with Gasteiger partial charge in [-0.2, -0.15) is 5.10 Å². The number of nitrogen functional groups attached to an aromatic ring is 1. The average Bonchev–Trinajstić information content (AvgIpc) is 3.35. The molecule has 166 valence electrons. The molecule has 1 aliphatic heterocycles. The Bertz CT molecular complexity index is 1150. The van der Waals surface area contributed by atoms with Gasteiger partial charge in [-0.05, 0) is 37.5 Å². The van der Waals surface area contributed by atoms with Gasteiger partial charge < -0.3 is 21.5 Å². The fraction of sp³-hybridized carbons (Fsp3) is 0.292. The Balaban J connectivity index is 1.54. The van der Waals surface area contributed by atoms with Crippen LogP contribution in [0.4, 0.5) is 5.82 Å². The largest absolute Gasteiger partial charge is 0.383 e. The number of nitrogens with zero attached hydrogens (tertiary/aromatic N) is 2. The summed E-state index contributed by atoms with van der Waals surface area (Å²) in [6.45, 7) is 4.87.